The fourth-order valence-electron chi connectivity index (χ4n) is 3.37. The molecule has 0 radical (unpaired) electrons. The molecular weight excluding hydrogens is 256 g/mol. The molecule has 2 nitrogen and oxygen atoms in total. The highest BCUT2D eigenvalue weighted by atomic mass is 15.1. The smallest absolute Gasteiger partial charge is 0.0704 e. The van der Waals surface area contributed by atoms with Gasteiger partial charge in [-0.05, 0) is 35.9 Å². The summed E-state index contributed by atoms with van der Waals surface area (Å²) in [5, 5.41) is 1.21. The molecule has 4 rings (SSSR count). The van der Waals surface area contributed by atoms with E-state index in [1.165, 1.54) is 22.1 Å². The van der Waals surface area contributed by atoms with E-state index in [0.717, 1.165) is 18.6 Å². The number of fused-ring (bicyclic) bond motifs is 2. The van der Waals surface area contributed by atoms with E-state index < -0.39 is 0 Å². The van der Waals surface area contributed by atoms with Crippen LogP contribution >= 0.6 is 0 Å². The Morgan fingerprint density at radius 1 is 1.05 bits per heavy atom. The Labute approximate surface area is 125 Å². The average Bonchev–Trinajstić information content (AvgIpc) is 2.53. The highest BCUT2D eigenvalue weighted by molar-refractivity contribution is 5.79. The lowest BCUT2D eigenvalue weighted by Gasteiger charge is -2.32. The van der Waals surface area contributed by atoms with E-state index in [9.17, 15) is 0 Å². The summed E-state index contributed by atoms with van der Waals surface area (Å²) < 4.78 is 0. The molecule has 2 aromatic carbocycles. The first-order valence-electron chi connectivity index (χ1n) is 7.42. The third kappa shape index (κ3) is 2.22. The predicted molar refractivity (Wildman–Crippen MR) is 86.4 cm³/mol. The van der Waals surface area contributed by atoms with Crippen molar-refractivity contribution in [3.05, 3.63) is 77.5 Å². The van der Waals surface area contributed by atoms with Crippen LogP contribution in [-0.4, -0.2) is 23.5 Å². The number of likely N-dealkylation sites (N-methyl/N-ethyl adjacent to an activating group) is 1. The van der Waals surface area contributed by atoms with Crippen molar-refractivity contribution >= 4 is 10.9 Å². The maximum absolute atomic E-state index is 4.50. The molecule has 0 saturated carbocycles. The Hall–Kier alpha value is -2.19. The monoisotopic (exact) mass is 274 g/mol. The summed E-state index contributed by atoms with van der Waals surface area (Å²) in [6.07, 6.45) is 1.87. The summed E-state index contributed by atoms with van der Waals surface area (Å²) in [6.45, 7) is 2.11. The van der Waals surface area contributed by atoms with E-state index in [1.54, 1.807) is 0 Å². The van der Waals surface area contributed by atoms with Crippen LogP contribution in [0.4, 0.5) is 0 Å². The van der Waals surface area contributed by atoms with E-state index in [1.807, 2.05) is 12.3 Å². The van der Waals surface area contributed by atoms with Gasteiger partial charge < -0.3 is 4.90 Å². The van der Waals surface area contributed by atoms with Crippen LogP contribution in [0.1, 0.15) is 22.6 Å². The lowest BCUT2D eigenvalue weighted by Crippen LogP contribution is -2.30. The molecule has 0 N–H and O–H groups in total. The molecular formula is C19H18N2. The van der Waals surface area contributed by atoms with Gasteiger partial charge in [-0.15, -0.1) is 0 Å². The Kier molecular flexibility index (Phi) is 2.97. The Balaban J connectivity index is 1.84. The van der Waals surface area contributed by atoms with Crippen LogP contribution in [0.25, 0.3) is 10.9 Å². The molecule has 0 saturated heterocycles. The molecule has 0 fully saturated rings. The normalized spacial score (nSPS) is 18.6. The van der Waals surface area contributed by atoms with E-state index in [4.69, 9.17) is 0 Å². The second-order valence-corrected chi connectivity index (χ2v) is 5.90. The molecule has 1 atom stereocenters. The van der Waals surface area contributed by atoms with Crippen LogP contribution in [0, 0.1) is 0 Å². The number of rotatable bonds is 1. The first kappa shape index (κ1) is 12.5. The topological polar surface area (TPSA) is 16.1 Å². The molecule has 0 unspecified atom stereocenters. The van der Waals surface area contributed by atoms with Gasteiger partial charge in [0, 0.05) is 30.6 Å². The fourth-order valence-corrected chi connectivity index (χ4v) is 3.37. The Bertz CT molecular complexity index is 794. The van der Waals surface area contributed by atoms with Gasteiger partial charge >= 0.3 is 0 Å². The van der Waals surface area contributed by atoms with Gasteiger partial charge in [0.15, 0.2) is 0 Å². The maximum Gasteiger partial charge on any atom is 0.0704 e. The third-order valence-electron chi connectivity index (χ3n) is 4.40. The zero-order valence-corrected chi connectivity index (χ0v) is 12.2. The summed E-state index contributed by atoms with van der Waals surface area (Å²) in [5.74, 6) is 0.436. The first-order chi connectivity index (χ1) is 10.3. The number of hydrogen-bond donors (Lipinski definition) is 0. The van der Waals surface area contributed by atoms with E-state index in [-0.39, 0.29) is 0 Å². The van der Waals surface area contributed by atoms with Crippen molar-refractivity contribution in [2.45, 2.75) is 12.5 Å². The van der Waals surface area contributed by atoms with Gasteiger partial charge in [0.25, 0.3) is 0 Å². The number of aromatic nitrogens is 1. The summed E-state index contributed by atoms with van der Waals surface area (Å²) >= 11 is 0. The minimum absolute atomic E-state index is 0.436. The van der Waals surface area contributed by atoms with Gasteiger partial charge in [-0.3, -0.25) is 4.98 Å². The van der Waals surface area contributed by atoms with Crippen molar-refractivity contribution in [1.29, 1.82) is 0 Å². The molecule has 1 aromatic heterocycles. The molecule has 0 spiro atoms. The lowest BCUT2D eigenvalue weighted by molar-refractivity contribution is 0.295. The van der Waals surface area contributed by atoms with Gasteiger partial charge in [0.2, 0.25) is 0 Å². The van der Waals surface area contributed by atoms with Crippen LogP contribution < -0.4 is 0 Å². The van der Waals surface area contributed by atoms with Gasteiger partial charge in [-0.25, -0.2) is 0 Å². The van der Waals surface area contributed by atoms with Gasteiger partial charge in [-0.2, -0.15) is 0 Å². The number of hydrogen-bond acceptors (Lipinski definition) is 2. The van der Waals surface area contributed by atoms with Crippen LogP contribution in [0.5, 0.6) is 0 Å². The van der Waals surface area contributed by atoms with E-state index >= 15 is 0 Å². The Morgan fingerprint density at radius 3 is 2.90 bits per heavy atom. The van der Waals surface area contributed by atoms with Crippen molar-refractivity contribution in [2.75, 3.05) is 13.6 Å². The van der Waals surface area contributed by atoms with Crippen molar-refractivity contribution in [1.82, 2.24) is 9.88 Å². The molecule has 2 heteroatoms. The standard InChI is InChI=1S/C19H18N2/c1-21-12-16-5-2-3-7-17(16)18(13-21)15-9-8-14-6-4-10-20-19(14)11-15/h2-11,18H,12-13H2,1H3/t18-/m0/s1. The van der Waals surface area contributed by atoms with Crippen molar-refractivity contribution in [2.24, 2.45) is 0 Å². The van der Waals surface area contributed by atoms with Crippen molar-refractivity contribution in [3.63, 3.8) is 0 Å². The number of nitrogens with zero attached hydrogens (tertiary/aromatic N) is 2. The zero-order chi connectivity index (χ0) is 14.2. The number of pyridine rings is 1. The number of benzene rings is 2. The van der Waals surface area contributed by atoms with Crippen LogP contribution in [0.15, 0.2) is 60.8 Å². The highest BCUT2D eigenvalue weighted by Gasteiger charge is 2.24. The van der Waals surface area contributed by atoms with Crippen LogP contribution in [0.2, 0.25) is 0 Å². The minimum atomic E-state index is 0.436. The summed E-state index contributed by atoms with van der Waals surface area (Å²) in [5.41, 5.74) is 5.35. The third-order valence-corrected chi connectivity index (χ3v) is 4.40. The van der Waals surface area contributed by atoms with Crippen LogP contribution in [-0.2, 0) is 6.54 Å². The molecule has 21 heavy (non-hydrogen) atoms. The summed E-state index contributed by atoms with van der Waals surface area (Å²) in [7, 11) is 2.20. The maximum atomic E-state index is 4.50. The van der Waals surface area contributed by atoms with Crippen LogP contribution in [0.3, 0.4) is 0 Å². The second-order valence-electron chi connectivity index (χ2n) is 5.90. The molecule has 1 aliphatic rings. The molecule has 1 aliphatic heterocycles. The summed E-state index contributed by atoms with van der Waals surface area (Å²) in [4.78, 5) is 6.90. The zero-order valence-electron chi connectivity index (χ0n) is 12.2. The van der Waals surface area contributed by atoms with Gasteiger partial charge in [0.05, 0.1) is 5.52 Å². The molecule has 2 heterocycles. The predicted octanol–water partition coefficient (Wildman–Crippen LogP) is 3.81. The molecule has 3 aromatic rings. The van der Waals surface area contributed by atoms with Crippen molar-refractivity contribution < 1.29 is 0 Å². The molecule has 104 valence electrons. The van der Waals surface area contributed by atoms with Gasteiger partial charge in [0.1, 0.15) is 0 Å². The summed E-state index contributed by atoms with van der Waals surface area (Å²) in [6, 6.07) is 19.6. The molecule has 0 amide bonds. The SMILES string of the molecule is CN1Cc2ccccc2[C@H](c2ccc3cccnc3c2)C1. The lowest BCUT2D eigenvalue weighted by atomic mass is 9.84. The van der Waals surface area contributed by atoms with E-state index in [2.05, 4.69) is 65.5 Å². The molecule has 0 aliphatic carbocycles. The second kappa shape index (κ2) is 4.97. The highest BCUT2D eigenvalue weighted by Crippen LogP contribution is 2.33. The van der Waals surface area contributed by atoms with Crippen molar-refractivity contribution in [3.8, 4) is 0 Å². The minimum Gasteiger partial charge on any atom is -0.301 e. The van der Waals surface area contributed by atoms with Gasteiger partial charge in [-0.1, -0.05) is 42.5 Å². The average molecular weight is 274 g/mol. The molecule has 0 bridgehead atoms. The first-order valence-corrected chi connectivity index (χ1v) is 7.42. The quantitative estimate of drug-likeness (QED) is 0.671. The fraction of sp³-hybridized carbons (Fsp3) is 0.211. The van der Waals surface area contributed by atoms with E-state index in [0.29, 0.717) is 5.92 Å². The Morgan fingerprint density at radius 2 is 1.95 bits per heavy atom. The largest absolute Gasteiger partial charge is 0.301 e.